The standard InChI is InChI=1S/C17H22ClN5OS/c1-11-8-13(6-7-22(11)2)23(3)17(24)21-12-9-19-16(20-10-12)14-4-5-15(18)25-14/h4-5,9-11,13H,6-8H2,1-3H3,(H,21,24). The predicted molar refractivity (Wildman–Crippen MR) is 102 cm³/mol. The molecule has 1 saturated heterocycles. The number of hydrogen-bond acceptors (Lipinski definition) is 5. The van der Waals surface area contributed by atoms with Crippen molar-refractivity contribution in [3.05, 3.63) is 28.9 Å². The first-order chi connectivity index (χ1) is 11.9. The largest absolute Gasteiger partial charge is 0.325 e. The van der Waals surface area contributed by atoms with Crippen molar-refractivity contribution < 1.29 is 4.79 Å². The van der Waals surface area contributed by atoms with Gasteiger partial charge in [0.1, 0.15) is 0 Å². The van der Waals surface area contributed by atoms with Crippen LogP contribution in [0.2, 0.25) is 4.34 Å². The number of likely N-dealkylation sites (tertiary alicyclic amines) is 1. The van der Waals surface area contributed by atoms with E-state index in [1.807, 2.05) is 19.2 Å². The number of nitrogens with one attached hydrogen (secondary N) is 1. The molecule has 1 N–H and O–H groups in total. The molecule has 3 rings (SSSR count). The van der Waals surface area contributed by atoms with Gasteiger partial charge in [-0.3, -0.25) is 0 Å². The highest BCUT2D eigenvalue weighted by Gasteiger charge is 2.28. The first kappa shape index (κ1) is 18.1. The van der Waals surface area contributed by atoms with Gasteiger partial charge in [-0.2, -0.15) is 0 Å². The van der Waals surface area contributed by atoms with Gasteiger partial charge in [-0.1, -0.05) is 11.6 Å². The number of aromatic nitrogens is 2. The number of hydrogen-bond donors (Lipinski definition) is 1. The van der Waals surface area contributed by atoms with Crippen LogP contribution in [0.5, 0.6) is 0 Å². The molecule has 25 heavy (non-hydrogen) atoms. The molecule has 1 fully saturated rings. The van der Waals surface area contributed by atoms with E-state index in [2.05, 4.69) is 34.2 Å². The molecule has 1 aliphatic rings. The van der Waals surface area contributed by atoms with Gasteiger partial charge in [0.15, 0.2) is 5.82 Å². The molecular weight excluding hydrogens is 358 g/mol. The molecule has 0 radical (unpaired) electrons. The summed E-state index contributed by atoms with van der Waals surface area (Å²) < 4.78 is 0.699. The van der Waals surface area contributed by atoms with Crippen LogP contribution in [0.1, 0.15) is 19.8 Å². The third-order valence-electron chi connectivity index (χ3n) is 4.75. The molecule has 6 nitrogen and oxygen atoms in total. The molecule has 134 valence electrons. The first-order valence-corrected chi connectivity index (χ1v) is 9.45. The van der Waals surface area contributed by atoms with Crippen molar-refractivity contribution in [1.29, 1.82) is 0 Å². The Bertz CT molecular complexity index is 735. The summed E-state index contributed by atoms with van der Waals surface area (Å²) in [5, 5.41) is 2.87. The van der Waals surface area contributed by atoms with Crippen LogP contribution in [-0.4, -0.2) is 58.5 Å². The monoisotopic (exact) mass is 379 g/mol. The van der Waals surface area contributed by atoms with Crippen LogP contribution >= 0.6 is 22.9 Å². The summed E-state index contributed by atoms with van der Waals surface area (Å²) in [7, 11) is 3.97. The molecule has 0 aliphatic carbocycles. The fraction of sp³-hybridized carbons (Fsp3) is 0.471. The third-order valence-corrected chi connectivity index (χ3v) is 5.97. The molecule has 2 amide bonds. The van der Waals surface area contributed by atoms with Crippen molar-refractivity contribution in [2.45, 2.75) is 31.8 Å². The van der Waals surface area contributed by atoms with Crippen molar-refractivity contribution in [3.63, 3.8) is 0 Å². The third kappa shape index (κ3) is 4.29. The number of anilines is 1. The van der Waals surface area contributed by atoms with Gasteiger partial charge >= 0.3 is 6.03 Å². The average molecular weight is 380 g/mol. The predicted octanol–water partition coefficient (Wildman–Crippen LogP) is 3.80. The summed E-state index contributed by atoms with van der Waals surface area (Å²) in [5.74, 6) is 0.604. The maximum absolute atomic E-state index is 12.5. The van der Waals surface area contributed by atoms with Gasteiger partial charge in [-0.25, -0.2) is 14.8 Å². The summed E-state index contributed by atoms with van der Waals surface area (Å²) in [5.41, 5.74) is 0.587. The Morgan fingerprint density at radius 3 is 2.72 bits per heavy atom. The summed E-state index contributed by atoms with van der Waals surface area (Å²) >= 11 is 7.36. The lowest BCUT2D eigenvalue weighted by Gasteiger charge is -2.39. The maximum atomic E-state index is 12.5. The lowest BCUT2D eigenvalue weighted by atomic mass is 9.98. The van der Waals surface area contributed by atoms with Crippen molar-refractivity contribution in [2.75, 3.05) is 26.0 Å². The van der Waals surface area contributed by atoms with E-state index < -0.39 is 0 Å². The van der Waals surface area contributed by atoms with Gasteiger partial charge in [0.25, 0.3) is 0 Å². The minimum Gasteiger partial charge on any atom is -0.325 e. The quantitative estimate of drug-likeness (QED) is 0.880. The molecular formula is C17H22ClN5OS. The number of rotatable bonds is 3. The molecule has 0 bridgehead atoms. The minimum absolute atomic E-state index is 0.128. The van der Waals surface area contributed by atoms with Crippen LogP contribution in [-0.2, 0) is 0 Å². The van der Waals surface area contributed by atoms with Crippen LogP contribution in [0, 0.1) is 0 Å². The van der Waals surface area contributed by atoms with E-state index in [1.54, 1.807) is 17.3 Å². The molecule has 1 aliphatic heterocycles. The molecule has 2 atom stereocenters. The van der Waals surface area contributed by atoms with Gasteiger partial charge in [0.05, 0.1) is 27.3 Å². The van der Waals surface area contributed by atoms with E-state index >= 15 is 0 Å². The average Bonchev–Trinajstić information content (AvgIpc) is 3.03. The molecule has 0 aromatic carbocycles. The Morgan fingerprint density at radius 2 is 2.12 bits per heavy atom. The summed E-state index contributed by atoms with van der Waals surface area (Å²) in [6, 6.07) is 4.31. The van der Waals surface area contributed by atoms with Crippen molar-refractivity contribution >= 4 is 34.7 Å². The number of halogens is 1. The van der Waals surface area contributed by atoms with Gasteiger partial charge in [0, 0.05) is 25.7 Å². The smallest absolute Gasteiger partial charge is 0.321 e. The Balaban J connectivity index is 1.60. The number of carbonyl (C=O) groups is 1. The molecule has 2 aromatic rings. The number of urea groups is 1. The molecule has 2 unspecified atom stereocenters. The number of amides is 2. The van der Waals surface area contributed by atoms with Gasteiger partial charge < -0.3 is 15.1 Å². The lowest BCUT2D eigenvalue weighted by Crippen LogP contribution is -2.49. The number of piperidine rings is 1. The lowest BCUT2D eigenvalue weighted by molar-refractivity contribution is 0.120. The summed E-state index contributed by atoms with van der Waals surface area (Å²) in [4.78, 5) is 26.1. The fourth-order valence-corrected chi connectivity index (χ4v) is 3.94. The summed E-state index contributed by atoms with van der Waals surface area (Å²) in [6.07, 6.45) is 5.21. The number of nitrogens with zero attached hydrogens (tertiary/aromatic N) is 4. The van der Waals surface area contributed by atoms with Crippen LogP contribution in [0.3, 0.4) is 0 Å². The van der Waals surface area contributed by atoms with Gasteiger partial charge in [0.2, 0.25) is 0 Å². The molecule has 0 saturated carbocycles. The van der Waals surface area contributed by atoms with Gasteiger partial charge in [-0.05, 0) is 38.9 Å². The molecule has 8 heteroatoms. The second kappa shape index (κ2) is 7.68. The van der Waals surface area contributed by atoms with Crippen LogP contribution in [0.4, 0.5) is 10.5 Å². The van der Waals surface area contributed by atoms with E-state index in [-0.39, 0.29) is 12.1 Å². The van der Waals surface area contributed by atoms with Crippen LogP contribution in [0.25, 0.3) is 10.7 Å². The van der Waals surface area contributed by atoms with E-state index in [1.165, 1.54) is 11.3 Å². The van der Waals surface area contributed by atoms with Crippen LogP contribution in [0.15, 0.2) is 24.5 Å². The van der Waals surface area contributed by atoms with Crippen molar-refractivity contribution in [3.8, 4) is 10.7 Å². The van der Waals surface area contributed by atoms with Crippen molar-refractivity contribution in [1.82, 2.24) is 19.8 Å². The second-order valence-corrected chi connectivity index (χ2v) is 8.16. The van der Waals surface area contributed by atoms with E-state index in [0.717, 1.165) is 24.3 Å². The minimum atomic E-state index is -0.128. The normalized spacial score (nSPS) is 21.1. The van der Waals surface area contributed by atoms with Crippen LogP contribution < -0.4 is 5.32 Å². The molecule has 0 spiro atoms. The Morgan fingerprint density at radius 1 is 1.40 bits per heavy atom. The SMILES string of the molecule is CC1CC(N(C)C(=O)Nc2cnc(-c3ccc(Cl)s3)nc2)CCN1C. The highest BCUT2D eigenvalue weighted by molar-refractivity contribution is 7.19. The maximum Gasteiger partial charge on any atom is 0.321 e. The zero-order chi connectivity index (χ0) is 18.0. The van der Waals surface area contributed by atoms with E-state index in [9.17, 15) is 4.79 Å². The second-order valence-electron chi connectivity index (χ2n) is 6.45. The molecule has 3 heterocycles. The highest BCUT2D eigenvalue weighted by atomic mass is 35.5. The zero-order valence-corrected chi connectivity index (χ0v) is 16.1. The van der Waals surface area contributed by atoms with E-state index in [0.29, 0.717) is 21.9 Å². The zero-order valence-electron chi connectivity index (χ0n) is 14.6. The molecule has 2 aromatic heterocycles. The fourth-order valence-electron chi connectivity index (χ4n) is 2.95. The summed E-state index contributed by atoms with van der Waals surface area (Å²) in [6.45, 7) is 3.20. The Hall–Kier alpha value is -1.70. The Labute approximate surface area is 156 Å². The van der Waals surface area contributed by atoms with Crippen molar-refractivity contribution in [2.24, 2.45) is 0 Å². The number of carbonyl (C=O) groups excluding carboxylic acids is 1. The van der Waals surface area contributed by atoms with Gasteiger partial charge in [-0.15, -0.1) is 11.3 Å². The highest BCUT2D eigenvalue weighted by Crippen LogP contribution is 2.28. The van der Waals surface area contributed by atoms with E-state index in [4.69, 9.17) is 11.6 Å². The Kier molecular flexibility index (Phi) is 5.56. The number of thiophene rings is 1. The first-order valence-electron chi connectivity index (χ1n) is 8.26. The topological polar surface area (TPSA) is 61.4 Å².